The van der Waals surface area contributed by atoms with Gasteiger partial charge in [0.25, 0.3) is 0 Å². The summed E-state index contributed by atoms with van der Waals surface area (Å²) in [6.45, 7) is 2.62. The van der Waals surface area contributed by atoms with Crippen molar-refractivity contribution in [2.24, 2.45) is 17.8 Å². The van der Waals surface area contributed by atoms with Crippen LogP contribution in [-0.4, -0.2) is 48.5 Å². The summed E-state index contributed by atoms with van der Waals surface area (Å²) in [5, 5.41) is 0. The van der Waals surface area contributed by atoms with E-state index in [1.165, 1.54) is 0 Å². The van der Waals surface area contributed by atoms with Crippen molar-refractivity contribution in [2.45, 2.75) is 24.9 Å². The van der Waals surface area contributed by atoms with Gasteiger partial charge in [-0.25, -0.2) is 0 Å². The standard InChI is InChI=1S/C19H21NO4/c21-14-11-19(24-15-4-2-1-3-12(14)15)6-5-13-16(17(13)19)18(22)20-7-9-23-10-8-20/h1-4,13,16-17H,5-11H2/t13-,16+,17+,19+/m0/s1. The first-order valence-corrected chi connectivity index (χ1v) is 8.87. The summed E-state index contributed by atoms with van der Waals surface area (Å²) in [6, 6.07) is 7.49. The van der Waals surface area contributed by atoms with Crippen LogP contribution in [0.4, 0.5) is 0 Å². The molecule has 2 aliphatic heterocycles. The summed E-state index contributed by atoms with van der Waals surface area (Å²) < 4.78 is 11.7. The van der Waals surface area contributed by atoms with Gasteiger partial charge in [0.1, 0.15) is 11.4 Å². The van der Waals surface area contributed by atoms with Gasteiger partial charge in [-0.1, -0.05) is 12.1 Å². The number of fused-ring (bicyclic) bond motifs is 3. The number of ether oxygens (including phenoxy) is 2. The SMILES string of the molecule is O=C1C[C@@]2(CC[C@H]3[C@@H](C(=O)N4CCOCC4)[C@@H]32)Oc2ccccc21. The smallest absolute Gasteiger partial charge is 0.226 e. The second kappa shape index (κ2) is 5.06. The highest BCUT2D eigenvalue weighted by atomic mass is 16.5. The largest absolute Gasteiger partial charge is 0.486 e. The van der Waals surface area contributed by atoms with Crippen molar-refractivity contribution in [2.75, 3.05) is 26.3 Å². The average Bonchev–Trinajstić information content (AvgIpc) is 3.26. The molecular formula is C19H21NO4. The minimum atomic E-state index is -0.456. The first-order valence-electron chi connectivity index (χ1n) is 8.87. The summed E-state index contributed by atoms with van der Waals surface area (Å²) in [6.07, 6.45) is 2.29. The summed E-state index contributed by atoms with van der Waals surface area (Å²) in [7, 11) is 0. The number of ketones is 1. The number of nitrogens with zero attached hydrogens (tertiary/aromatic N) is 1. The van der Waals surface area contributed by atoms with Crippen molar-refractivity contribution in [3.63, 3.8) is 0 Å². The number of carbonyl (C=O) groups is 2. The van der Waals surface area contributed by atoms with Gasteiger partial charge in [0.15, 0.2) is 5.78 Å². The predicted molar refractivity (Wildman–Crippen MR) is 85.9 cm³/mol. The van der Waals surface area contributed by atoms with E-state index in [0.29, 0.717) is 50.0 Å². The van der Waals surface area contributed by atoms with Gasteiger partial charge >= 0.3 is 0 Å². The van der Waals surface area contributed by atoms with Gasteiger partial charge in [-0.3, -0.25) is 9.59 Å². The average molecular weight is 327 g/mol. The number of hydrogen-bond acceptors (Lipinski definition) is 4. The summed E-state index contributed by atoms with van der Waals surface area (Å²) in [5.41, 5.74) is 0.228. The van der Waals surface area contributed by atoms with Gasteiger partial charge in [0.2, 0.25) is 5.91 Å². The van der Waals surface area contributed by atoms with E-state index in [1.54, 1.807) is 0 Å². The molecule has 4 aliphatic rings. The van der Waals surface area contributed by atoms with Crippen molar-refractivity contribution >= 4 is 11.7 Å². The molecule has 5 heteroatoms. The quantitative estimate of drug-likeness (QED) is 0.791. The fourth-order valence-corrected chi connectivity index (χ4v) is 5.09. The molecule has 1 aromatic rings. The highest BCUT2D eigenvalue weighted by Gasteiger charge is 2.71. The molecule has 24 heavy (non-hydrogen) atoms. The molecule has 0 unspecified atom stereocenters. The Balaban J connectivity index is 1.39. The lowest BCUT2D eigenvalue weighted by atomic mass is 9.84. The number of morpholine rings is 1. The normalized spacial score (nSPS) is 36.9. The Morgan fingerprint density at radius 2 is 2.00 bits per heavy atom. The predicted octanol–water partition coefficient (Wildman–Crippen LogP) is 1.91. The van der Waals surface area contributed by atoms with Crippen LogP contribution in [0.5, 0.6) is 5.75 Å². The zero-order chi connectivity index (χ0) is 16.3. The van der Waals surface area contributed by atoms with Crippen molar-refractivity contribution < 1.29 is 19.1 Å². The molecule has 1 spiro atoms. The molecule has 0 aromatic heterocycles. The lowest BCUT2D eigenvalue weighted by Gasteiger charge is -2.37. The van der Waals surface area contributed by atoms with Crippen LogP contribution in [0.1, 0.15) is 29.6 Å². The maximum absolute atomic E-state index is 12.9. The number of amides is 1. The van der Waals surface area contributed by atoms with Crippen molar-refractivity contribution in [3.8, 4) is 5.75 Å². The van der Waals surface area contributed by atoms with Crippen LogP contribution in [0.2, 0.25) is 0 Å². The molecule has 2 aliphatic carbocycles. The molecule has 0 radical (unpaired) electrons. The Morgan fingerprint density at radius 1 is 1.21 bits per heavy atom. The monoisotopic (exact) mass is 327 g/mol. The van der Waals surface area contributed by atoms with Crippen molar-refractivity contribution in [1.29, 1.82) is 0 Å². The van der Waals surface area contributed by atoms with Crippen LogP contribution in [0, 0.1) is 17.8 Å². The molecule has 1 saturated heterocycles. The second-order valence-corrected chi connectivity index (χ2v) is 7.45. The van der Waals surface area contributed by atoms with Gasteiger partial charge in [-0.05, 0) is 30.9 Å². The molecule has 0 bridgehead atoms. The maximum Gasteiger partial charge on any atom is 0.226 e. The van der Waals surface area contributed by atoms with Crippen LogP contribution in [0.15, 0.2) is 24.3 Å². The second-order valence-electron chi connectivity index (χ2n) is 7.45. The Bertz CT molecular complexity index is 711. The third kappa shape index (κ3) is 1.97. The molecule has 3 fully saturated rings. The van der Waals surface area contributed by atoms with Crippen molar-refractivity contribution in [1.82, 2.24) is 4.90 Å². The molecule has 4 atom stereocenters. The molecule has 1 amide bonds. The summed E-state index contributed by atoms with van der Waals surface area (Å²) in [4.78, 5) is 27.4. The fraction of sp³-hybridized carbons (Fsp3) is 0.579. The van der Waals surface area contributed by atoms with E-state index in [0.717, 1.165) is 12.8 Å². The molecule has 126 valence electrons. The Kier molecular flexibility index (Phi) is 3.05. The van der Waals surface area contributed by atoms with Crippen LogP contribution in [-0.2, 0) is 9.53 Å². The van der Waals surface area contributed by atoms with E-state index in [9.17, 15) is 9.59 Å². The molecule has 2 heterocycles. The summed E-state index contributed by atoms with van der Waals surface area (Å²) >= 11 is 0. The first kappa shape index (κ1) is 14.5. The van der Waals surface area contributed by atoms with Gasteiger partial charge < -0.3 is 14.4 Å². The fourth-order valence-electron chi connectivity index (χ4n) is 5.09. The van der Waals surface area contributed by atoms with Crippen LogP contribution in [0.25, 0.3) is 0 Å². The van der Waals surface area contributed by atoms with E-state index in [1.807, 2.05) is 29.2 Å². The topological polar surface area (TPSA) is 55.8 Å². The number of hydrogen-bond donors (Lipinski definition) is 0. The highest BCUT2D eigenvalue weighted by Crippen LogP contribution is 2.66. The molecule has 1 aromatic carbocycles. The Morgan fingerprint density at radius 3 is 2.83 bits per heavy atom. The van der Waals surface area contributed by atoms with E-state index in [-0.39, 0.29) is 23.5 Å². The van der Waals surface area contributed by atoms with E-state index in [4.69, 9.17) is 9.47 Å². The number of rotatable bonds is 1. The highest BCUT2D eigenvalue weighted by molar-refractivity contribution is 6.00. The number of benzene rings is 1. The zero-order valence-electron chi connectivity index (χ0n) is 13.6. The lowest BCUT2D eigenvalue weighted by Crippen LogP contribution is -2.46. The van der Waals surface area contributed by atoms with Crippen LogP contribution < -0.4 is 4.74 Å². The maximum atomic E-state index is 12.9. The van der Waals surface area contributed by atoms with E-state index < -0.39 is 5.60 Å². The molecule has 2 saturated carbocycles. The molecule has 5 nitrogen and oxygen atoms in total. The summed E-state index contributed by atoms with van der Waals surface area (Å²) in [5.74, 6) is 1.71. The first-order chi connectivity index (χ1) is 11.7. The minimum Gasteiger partial charge on any atom is -0.486 e. The van der Waals surface area contributed by atoms with Gasteiger partial charge in [0, 0.05) is 24.9 Å². The van der Waals surface area contributed by atoms with Gasteiger partial charge in [0.05, 0.1) is 25.2 Å². The Labute approximate surface area is 140 Å². The third-order valence-electron chi connectivity index (χ3n) is 6.25. The Hall–Kier alpha value is -1.88. The molecule has 0 N–H and O–H groups in total. The van der Waals surface area contributed by atoms with Crippen LogP contribution >= 0.6 is 0 Å². The number of para-hydroxylation sites is 1. The van der Waals surface area contributed by atoms with Crippen LogP contribution in [0.3, 0.4) is 0 Å². The minimum absolute atomic E-state index is 0.0370. The number of Topliss-reactive ketones (excluding diaryl/α,β-unsaturated/α-hetero) is 1. The number of carbonyl (C=O) groups excluding carboxylic acids is 2. The zero-order valence-corrected chi connectivity index (χ0v) is 13.6. The molecule has 5 rings (SSSR count). The third-order valence-corrected chi connectivity index (χ3v) is 6.25. The van der Waals surface area contributed by atoms with Crippen molar-refractivity contribution in [3.05, 3.63) is 29.8 Å². The lowest BCUT2D eigenvalue weighted by molar-refractivity contribution is -0.138. The van der Waals surface area contributed by atoms with E-state index in [2.05, 4.69) is 0 Å². The van der Waals surface area contributed by atoms with Gasteiger partial charge in [-0.2, -0.15) is 0 Å². The van der Waals surface area contributed by atoms with Gasteiger partial charge in [-0.15, -0.1) is 0 Å². The van der Waals surface area contributed by atoms with E-state index >= 15 is 0 Å². The molecular weight excluding hydrogens is 306 g/mol.